The predicted molar refractivity (Wildman–Crippen MR) is 266 cm³/mol. The largest absolute Gasteiger partial charge is 0.462 e. The third-order valence-electron chi connectivity index (χ3n) is 8.61. The zero-order valence-corrected chi connectivity index (χ0v) is 41.0. The van der Waals surface area contributed by atoms with Gasteiger partial charge in [0.25, 0.3) is 5.56 Å². The van der Waals surface area contributed by atoms with Crippen LogP contribution in [0.4, 0.5) is 25.4 Å². The van der Waals surface area contributed by atoms with Crippen LogP contribution in [0.3, 0.4) is 0 Å². The molecule has 0 atom stereocenters. The Labute approximate surface area is 403 Å². The van der Waals surface area contributed by atoms with Gasteiger partial charge in [-0.25, -0.2) is 23.8 Å². The lowest BCUT2D eigenvalue weighted by molar-refractivity contribution is -0.136. The third kappa shape index (κ3) is 16.6. The number of amides is 3. The van der Waals surface area contributed by atoms with Gasteiger partial charge in [-0.2, -0.15) is 0 Å². The van der Waals surface area contributed by atoms with Crippen molar-refractivity contribution in [1.29, 1.82) is 0 Å². The average Bonchev–Trinajstić information content (AvgIpc) is 3.79. The Morgan fingerprint density at radius 3 is 1.91 bits per heavy atom. The molecule has 0 saturated carbocycles. The standard InChI is InChI=1S/C21H27N3O5S.C18H20FN3O3.C7H4.C6H2/c1-7-28-18(26)17-13-9-8-10-16(24(6)20(27)29-21(3,4)5)14(13)11-15(17)23-19(30)22-12(2)25;1-9-20-13-8-11-12(15(13)16(23)21-9)6-10(19)7-14(11)22(5)17(24)25-18(2,3)4;1-3-5-7-6-4-2;1-3-5-6-4-2/h8-10H,7,11H2,1-6H3,(H2,22,23,25,30);6-7H,8H2,1-5H3,(H,20,21,23);1H,2H3;1-2H. The molecule has 3 amide bonds. The molecule has 0 unspecified atom stereocenters. The van der Waals surface area contributed by atoms with E-state index in [1.807, 2.05) is 0 Å². The van der Waals surface area contributed by atoms with Gasteiger partial charge in [-0.3, -0.25) is 19.4 Å². The van der Waals surface area contributed by atoms with Crippen LogP contribution in [0.2, 0.25) is 0 Å². The number of terminal acetylenes is 3. The van der Waals surface area contributed by atoms with Crippen LogP contribution in [0.15, 0.2) is 40.8 Å². The van der Waals surface area contributed by atoms with Crippen molar-refractivity contribution in [3.8, 4) is 83.7 Å². The summed E-state index contributed by atoms with van der Waals surface area (Å²) >= 11 is 5.15. The summed E-state index contributed by atoms with van der Waals surface area (Å²) < 4.78 is 30.2. The minimum absolute atomic E-state index is 0.0779. The number of hydrogen-bond acceptors (Lipinski definition) is 10. The molecule has 0 aliphatic heterocycles. The van der Waals surface area contributed by atoms with Crippen molar-refractivity contribution in [2.45, 2.75) is 93.3 Å². The van der Waals surface area contributed by atoms with Gasteiger partial charge in [0.05, 0.1) is 34.8 Å². The van der Waals surface area contributed by atoms with Crippen molar-refractivity contribution in [3.05, 3.63) is 80.4 Å². The van der Waals surface area contributed by atoms with Gasteiger partial charge in [0.1, 0.15) is 22.8 Å². The van der Waals surface area contributed by atoms with Crippen LogP contribution in [-0.4, -0.2) is 71.0 Å². The summed E-state index contributed by atoms with van der Waals surface area (Å²) in [4.78, 5) is 70.8. The Balaban J connectivity index is 0.000000373. The van der Waals surface area contributed by atoms with Crippen LogP contribution < -0.4 is 26.0 Å². The SMILES string of the molecule is C#CC#CC#C.C#CC#CC#CC.CCOC(=O)C1=C(NC(=S)NC(C)=O)Cc2c1cccc2N(C)C(=O)OC(C)(C)C.Cc1nc2c(c(=O)[nH]1)-c1cc(F)cc(N(C)C(=O)OC(C)(C)C)c1C2. The van der Waals surface area contributed by atoms with Gasteiger partial charge < -0.3 is 29.8 Å². The number of aromatic amines is 1. The van der Waals surface area contributed by atoms with E-state index in [-0.39, 0.29) is 23.2 Å². The Bertz CT molecular complexity index is 2870. The van der Waals surface area contributed by atoms with E-state index in [0.29, 0.717) is 69.3 Å². The van der Waals surface area contributed by atoms with Crippen LogP contribution >= 0.6 is 12.2 Å². The number of thiocarbonyl (C=S) groups is 1. The highest BCUT2D eigenvalue weighted by molar-refractivity contribution is 7.80. The predicted octanol–water partition coefficient (Wildman–Crippen LogP) is 6.96. The van der Waals surface area contributed by atoms with E-state index in [0.717, 1.165) is 5.56 Å². The minimum atomic E-state index is -0.666. The Kier molecular flexibility index (Phi) is 20.9. The fourth-order valence-electron chi connectivity index (χ4n) is 6.22. The summed E-state index contributed by atoms with van der Waals surface area (Å²) in [5, 5.41) is 5.48. The number of aryl methyl sites for hydroxylation is 1. The molecule has 2 aliphatic carbocycles. The maximum atomic E-state index is 14.2. The first kappa shape index (κ1) is 55.9. The molecule has 1 aromatic heterocycles. The van der Waals surface area contributed by atoms with E-state index < -0.39 is 35.2 Å². The van der Waals surface area contributed by atoms with Gasteiger partial charge in [-0.15, -0.1) is 19.3 Å². The Morgan fingerprint density at radius 2 is 1.40 bits per heavy atom. The van der Waals surface area contributed by atoms with E-state index in [2.05, 4.69) is 73.9 Å². The van der Waals surface area contributed by atoms with Crippen LogP contribution in [-0.2, 0) is 36.6 Å². The zero-order chi connectivity index (χ0) is 51.5. The number of allylic oxidation sites excluding steroid dienone is 1. The molecular weight excluding hydrogens is 888 g/mol. The number of carbonyl (C=O) groups excluding carboxylic acids is 4. The molecule has 68 heavy (non-hydrogen) atoms. The summed E-state index contributed by atoms with van der Waals surface area (Å²) in [7, 11) is 3.14. The first-order valence-corrected chi connectivity index (χ1v) is 21.0. The van der Waals surface area contributed by atoms with Gasteiger partial charge in [0, 0.05) is 39.6 Å². The highest BCUT2D eigenvalue weighted by Crippen LogP contribution is 2.40. The number of nitrogens with zero attached hydrogens (tertiary/aromatic N) is 3. The number of halogens is 1. The van der Waals surface area contributed by atoms with Crippen molar-refractivity contribution < 1.29 is 37.8 Å². The molecule has 0 radical (unpaired) electrons. The topological polar surface area (TPSA) is 172 Å². The molecule has 5 rings (SSSR count). The smallest absolute Gasteiger partial charge is 0.414 e. The Morgan fingerprint density at radius 1 is 0.853 bits per heavy atom. The van der Waals surface area contributed by atoms with Crippen molar-refractivity contribution in [3.63, 3.8) is 0 Å². The molecule has 0 spiro atoms. The van der Waals surface area contributed by atoms with Gasteiger partial charge in [-0.1, -0.05) is 18.1 Å². The molecule has 2 aromatic carbocycles. The second kappa shape index (κ2) is 25.4. The molecule has 352 valence electrons. The number of benzene rings is 2. The average molecular weight is 941 g/mol. The second-order valence-electron chi connectivity index (χ2n) is 16.2. The number of aromatic nitrogens is 2. The van der Waals surface area contributed by atoms with Crippen molar-refractivity contribution >= 4 is 58.3 Å². The lowest BCUT2D eigenvalue weighted by atomic mass is 10.0. The van der Waals surface area contributed by atoms with E-state index in [1.165, 1.54) is 35.9 Å². The van der Waals surface area contributed by atoms with E-state index in [9.17, 15) is 28.4 Å². The number of rotatable bonds is 5. The number of ether oxygens (including phenoxy) is 3. The second-order valence-corrected chi connectivity index (χ2v) is 16.6. The van der Waals surface area contributed by atoms with Crippen LogP contribution in [0.1, 0.15) is 90.5 Å². The number of carbonyl (C=O) groups is 4. The Hall–Kier alpha value is -8.28. The molecule has 0 bridgehead atoms. The fraction of sp³-hybridized carbons (Fsp3) is 0.327. The first-order valence-electron chi connectivity index (χ1n) is 20.6. The molecule has 14 nitrogen and oxygen atoms in total. The number of fused-ring (bicyclic) bond motifs is 4. The highest BCUT2D eigenvalue weighted by Gasteiger charge is 2.33. The molecule has 16 heteroatoms. The van der Waals surface area contributed by atoms with E-state index in [4.69, 9.17) is 45.7 Å². The van der Waals surface area contributed by atoms with Crippen molar-refractivity contribution in [1.82, 2.24) is 20.6 Å². The van der Waals surface area contributed by atoms with Crippen molar-refractivity contribution in [2.75, 3.05) is 30.5 Å². The fourth-order valence-corrected chi connectivity index (χ4v) is 6.48. The summed E-state index contributed by atoms with van der Waals surface area (Å²) in [6.07, 6.45) is 13.7. The molecule has 3 N–H and O–H groups in total. The normalized spacial score (nSPS) is 10.9. The maximum absolute atomic E-state index is 14.2. The molecule has 3 aromatic rings. The maximum Gasteiger partial charge on any atom is 0.414 e. The van der Waals surface area contributed by atoms with E-state index in [1.54, 1.807) is 87.6 Å². The summed E-state index contributed by atoms with van der Waals surface area (Å²) in [5.41, 5.74) is 3.66. The van der Waals surface area contributed by atoms with Crippen LogP contribution in [0.25, 0.3) is 16.7 Å². The third-order valence-corrected chi connectivity index (χ3v) is 8.82. The van der Waals surface area contributed by atoms with Crippen molar-refractivity contribution in [2.24, 2.45) is 0 Å². The number of anilines is 2. The monoisotopic (exact) mass is 940 g/mol. The van der Waals surface area contributed by atoms with Gasteiger partial charge in [0.15, 0.2) is 5.11 Å². The summed E-state index contributed by atoms with van der Waals surface area (Å²) in [6, 6.07) is 7.89. The highest BCUT2D eigenvalue weighted by atomic mass is 32.1. The van der Waals surface area contributed by atoms with Crippen LogP contribution in [0.5, 0.6) is 0 Å². The summed E-state index contributed by atoms with van der Waals surface area (Å²) in [5.74, 6) is 19.7. The van der Waals surface area contributed by atoms with Gasteiger partial charge in [-0.05, 0) is 162 Å². The lowest BCUT2D eigenvalue weighted by Gasteiger charge is -2.26. The minimum Gasteiger partial charge on any atom is -0.462 e. The molecule has 1 heterocycles. The summed E-state index contributed by atoms with van der Waals surface area (Å²) in [6.45, 7) is 17.3. The number of nitrogens with one attached hydrogen (secondary N) is 3. The quantitative estimate of drug-likeness (QED) is 0.0818. The van der Waals surface area contributed by atoms with Crippen LogP contribution in [0, 0.1) is 85.3 Å². The number of H-pyrrole nitrogens is 1. The van der Waals surface area contributed by atoms with Gasteiger partial charge >= 0.3 is 18.2 Å². The number of hydrogen-bond donors (Lipinski definition) is 3. The zero-order valence-electron chi connectivity index (χ0n) is 40.1. The molecule has 0 saturated heterocycles. The first-order chi connectivity index (χ1) is 31.8. The molecular formula is C52H53FN6O8S. The number of esters is 1. The molecule has 2 aliphatic rings. The van der Waals surface area contributed by atoms with Gasteiger partial charge in [0.2, 0.25) is 5.91 Å². The van der Waals surface area contributed by atoms with E-state index >= 15 is 0 Å². The lowest BCUT2D eigenvalue weighted by Crippen LogP contribution is -2.38. The molecule has 0 fully saturated rings.